The zero-order valence-corrected chi connectivity index (χ0v) is 17.0. The molecule has 28 heavy (non-hydrogen) atoms. The lowest BCUT2D eigenvalue weighted by Gasteiger charge is -2.16. The van der Waals surface area contributed by atoms with E-state index in [9.17, 15) is 18.0 Å². The highest BCUT2D eigenvalue weighted by atomic mass is 32.2. The number of anilines is 1. The molecule has 0 aliphatic carbocycles. The Balaban J connectivity index is 1.88. The van der Waals surface area contributed by atoms with E-state index in [1.165, 1.54) is 19.1 Å². The van der Waals surface area contributed by atoms with Crippen molar-refractivity contribution in [1.29, 1.82) is 0 Å². The highest BCUT2D eigenvalue weighted by Gasteiger charge is 2.21. The van der Waals surface area contributed by atoms with E-state index in [0.717, 1.165) is 5.56 Å². The number of carbonyl (C=O) groups is 2. The molecule has 2 rings (SSSR count). The van der Waals surface area contributed by atoms with Gasteiger partial charge in [0.2, 0.25) is 10.0 Å². The molecule has 0 fully saturated rings. The summed E-state index contributed by atoms with van der Waals surface area (Å²) < 4.78 is 33.1. The second kappa shape index (κ2) is 8.98. The first-order valence-corrected chi connectivity index (χ1v) is 10.2. The van der Waals surface area contributed by atoms with E-state index in [1.54, 1.807) is 29.1 Å². The summed E-state index contributed by atoms with van der Waals surface area (Å²) in [4.78, 5) is 24.2. The molecule has 1 heterocycles. The molecule has 0 spiro atoms. The average Bonchev–Trinajstić information content (AvgIpc) is 3.09. The molecular weight excluding hydrogens is 384 g/mol. The molecule has 0 radical (unpaired) electrons. The van der Waals surface area contributed by atoms with E-state index < -0.39 is 34.5 Å². The van der Waals surface area contributed by atoms with Crippen molar-refractivity contribution < 1.29 is 22.7 Å². The Hall–Kier alpha value is -2.72. The molecule has 0 saturated heterocycles. The Morgan fingerprint density at radius 3 is 2.39 bits per heavy atom. The van der Waals surface area contributed by atoms with Gasteiger partial charge < -0.3 is 10.1 Å². The highest BCUT2D eigenvalue weighted by molar-refractivity contribution is 7.89. The van der Waals surface area contributed by atoms with Gasteiger partial charge in [0.1, 0.15) is 12.4 Å². The van der Waals surface area contributed by atoms with Crippen LogP contribution in [-0.2, 0) is 24.3 Å². The third-order valence-electron chi connectivity index (χ3n) is 3.83. The van der Waals surface area contributed by atoms with Crippen molar-refractivity contribution in [2.24, 2.45) is 0 Å². The van der Waals surface area contributed by atoms with Gasteiger partial charge in [0.15, 0.2) is 6.10 Å². The molecule has 0 bridgehead atoms. The molecule has 1 unspecified atom stereocenters. The topological polar surface area (TPSA) is 119 Å². The largest absolute Gasteiger partial charge is 0.452 e. The molecule has 0 aliphatic heterocycles. The maximum atomic E-state index is 12.2. The van der Waals surface area contributed by atoms with Crippen LogP contribution < -0.4 is 10.0 Å². The van der Waals surface area contributed by atoms with Crippen LogP contribution in [0.3, 0.4) is 0 Å². The Morgan fingerprint density at radius 2 is 1.79 bits per heavy atom. The van der Waals surface area contributed by atoms with Crippen LogP contribution in [0.1, 0.15) is 32.4 Å². The summed E-state index contributed by atoms with van der Waals surface area (Å²) in [7, 11) is -3.85. The number of amides is 1. The maximum Gasteiger partial charge on any atom is 0.321 e. The summed E-state index contributed by atoms with van der Waals surface area (Å²) >= 11 is 0. The second-order valence-corrected chi connectivity index (χ2v) is 8.28. The SMILES string of the molecule is Cc1ccc(S(=O)(=O)NCC(=O)OC(C)C(=O)Nc2ccnn2C(C)C)cc1. The number of ether oxygens (including phenoxy) is 1. The molecule has 2 aromatic rings. The van der Waals surface area contributed by atoms with Crippen LogP contribution in [0, 0.1) is 6.92 Å². The van der Waals surface area contributed by atoms with Crippen molar-refractivity contribution >= 4 is 27.7 Å². The van der Waals surface area contributed by atoms with Gasteiger partial charge in [-0.3, -0.25) is 9.59 Å². The molecular formula is C18H24N4O5S. The van der Waals surface area contributed by atoms with Crippen LogP contribution in [0.2, 0.25) is 0 Å². The first kappa shape index (κ1) is 21.6. The number of benzene rings is 1. The van der Waals surface area contributed by atoms with Crippen LogP contribution in [0.4, 0.5) is 5.82 Å². The van der Waals surface area contributed by atoms with Gasteiger partial charge in [-0.1, -0.05) is 17.7 Å². The van der Waals surface area contributed by atoms with Gasteiger partial charge in [0, 0.05) is 12.1 Å². The molecule has 152 valence electrons. The normalized spacial score (nSPS) is 12.6. The molecule has 1 amide bonds. The molecule has 9 nitrogen and oxygen atoms in total. The zero-order valence-electron chi connectivity index (χ0n) is 16.2. The molecule has 2 N–H and O–H groups in total. The molecule has 0 saturated carbocycles. The summed E-state index contributed by atoms with van der Waals surface area (Å²) in [6, 6.07) is 7.86. The number of sulfonamides is 1. The number of hydrogen-bond acceptors (Lipinski definition) is 6. The third kappa shape index (κ3) is 5.64. The van der Waals surface area contributed by atoms with Crippen molar-refractivity contribution in [3.63, 3.8) is 0 Å². The number of hydrogen-bond donors (Lipinski definition) is 2. The van der Waals surface area contributed by atoms with Gasteiger partial charge in [-0.2, -0.15) is 9.82 Å². The fourth-order valence-electron chi connectivity index (χ4n) is 2.30. The van der Waals surface area contributed by atoms with Gasteiger partial charge in [-0.25, -0.2) is 13.1 Å². The second-order valence-electron chi connectivity index (χ2n) is 6.51. The van der Waals surface area contributed by atoms with Crippen molar-refractivity contribution in [1.82, 2.24) is 14.5 Å². The summed E-state index contributed by atoms with van der Waals surface area (Å²) in [5, 5.41) is 6.72. The molecule has 10 heteroatoms. The van der Waals surface area contributed by atoms with E-state index in [4.69, 9.17) is 4.74 Å². The lowest BCUT2D eigenvalue weighted by Crippen LogP contribution is -2.36. The van der Waals surface area contributed by atoms with Crippen LogP contribution in [0.15, 0.2) is 41.4 Å². The van der Waals surface area contributed by atoms with Gasteiger partial charge in [0.25, 0.3) is 5.91 Å². The number of aryl methyl sites for hydroxylation is 1. The number of aromatic nitrogens is 2. The molecule has 0 aliphatic rings. The van der Waals surface area contributed by atoms with Gasteiger partial charge >= 0.3 is 5.97 Å². The Bertz CT molecular complexity index is 935. The first-order valence-electron chi connectivity index (χ1n) is 8.70. The summed E-state index contributed by atoms with van der Waals surface area (Å²) in [6.45, 7) is 6.47. The van der Waals surface area contributed by atoms with Crippen molar-refractivity contribution in [3.05, 3.63) is 42.1 Å². The van der Waals surface area contributed by atoms with E-state index in [1.807, 2.05) is 20.8 Å². The monoisotopic (exact) mass is 408 g/mol. The summed E-state index contributed by atoms with van der Waals surface area (Å²) in [5.74, 6) is -0.934. The number of rotatable bonds is 8. The van der Waals surface area contributed by atoms with E-state index >= 15 is 0 Å². The van der Waals surface area contributed by atoms with Gasteiger partial charge in [0.05, 0.1) is 11.1 Å². The standard InChI is InChI=1S/C18H24N4O5S/c1-12(2)22-16(9-10-19-22)21-18(24)14(4)27-17(23)11-20-28(25,26)15-7-5-13(3)6-8-15/h5-10,12,14,20H,11H2,1-4H3,(H,21,24). The lowest BCUT2D eigenvalue weighted by molar-refractivity contribution is -0.151. The smallest absolute Gasteiger partial charge is 0.321 e. The molecule has 1 aromatic carbocycles. The van der Waals surface area contributed by atoms with Crippen molar-refractivity contribution in [2.45, 2.75) is 44.7 Å². The minimum atomic E-state index is -3.85. The highest BCUT2D eigenvalue weighted by Crippen LogP contribution is 2.14. The van der Waals surface area contributed by atoms with Crippen LogP contribution in [0.25, 0.3) is 0 Å². The number of carbonyl (C=O) groups excluding carboxylic acids is 2. The van der Waals surface area contributed by atoms with Gasteiger partial charge in [-0.05, 0) is 39.8 Å². The minimum Gasteiger partial charge on any atom is -0.452 e. The quantitative estimate of drug-likeness (QED) is 0.641. The van der Waals surface area contributed by atoms with Crippen LogP contribution in [0.5, 0.6) is 0 Å². The predicted octanol–water partition coefficient (Wildman–Crippen LogP) is 1.62. The van der Waals surface area contributed by atoms with Gasteiger partial charge in [-0.15, -0.1) is 0 Å². The van der Waals surface area contributed by atoms with E-state index in [0.29, 0.717) is 5.82 Å². The molecule has 1 aromatic heterocycles. The maximum absolute atomic E-state index is 12.2. The minimum absolute atomic E-state index is 0.0404. The first-order chi connectivity index (χ1) is 13.1. The average molecular weight is 408 g/mol. The Labute approximate surface area is 164 Å². The fourth-order valence-corrected chi connectivity index (χ4v) is 3.27. The van der Waals surface area contributed by atoms with E-state index in [2.05, 4.69) is 15.1 Å². The number of nitrogens with one attached hydrogen (secondary N) is 2. The van der Waals surface area contributed by atoms with Crippen LogP contribution in [-0.4, -0.2) is 42.7 Å². The number of nitrogens with zero attached hydrogens (tertiary/aromatic N) is 2. The summed E-state index contributed by atoms with van der Waals surface area (Å²) in [5.41, 5.74) is 0.914. The van der Waals surface area contributed by atoms with E-state index in [-0.39, 0.29) is 10.9 Å². The summed E-state index contributed by atoms with van der Waals surface area (Å²) in [6.07, 6.45) is 0.443. The van der Waals surface area contributed by atoms with Crippen molar-refractivity contribution in [3.8, 4) is 0 Å². The lowest BCUT2D eigenvalue weighted by atomic mass is 10.2. The zero-order chi connectivity index (χ0) is 20.9. The van der Waals surface area contributed by atoms with Crippen LogP contribution >= 0.6 is 0 Å². The number of esters is 1. The fraction of sp³-hybridized carbons (Fsp3) is 0.389. The van der Waals surface area contributed by atoms with Crippen molar-refractivity contribution in [2.75, 3.05) is 11.9 Å². The third-order valence-corrected chi connectivity index (χ3v) is 5.24. The predicted molar refractivity (Wildman–Crippen MR) is 103 cm³/mol. The Kier molecular flexibility index (Phi) is 6.92. The Morgan fingerprint density at radius 1 is 1.14 bits per heavy atom. The molecule has 1 atom stereocenters.